The Morgan fingerprint density at radius 3 is 2.80 bits per heavy atom. The van der Waals surface area contributed by atoms with Crippen molar-refractivity contribution < 1.29 is 22.8 Å². The quantitative estimate of drug-likeness (QED) is 0.818. The molecule has 0 N–H and O–H groups in total. The molecule has 1 aliphatic rings. The molecule has 0 saturated carbocycles. The Kier molecular flexibility index (Phi) is 4.27. The van der Waals surface area contributed by atoms with Crippen molar-refractivity contribution in [3.05, 3.63) is 35.1 Å². The average Bonchev–Trinajstić information content (AvgIpc) is 3.05. The fourth-order valence-electron chi connectivity index (χ4n) is 2.90. The van der Waals surface area contributed by atoms with E-state index in [0.29, 0.717) is 16.8 Å². The van der Waals surface area contributed by atoms with E-state index in [9.17, 15) is 27.6 Å². The number of Topliss-reactive ketones (excluding diaryl/α,β-unsaturated/α-hetero) is 1. The van der Waals surface area contributed by atoms with Gasteiger partial charge in [-0.05, 0) is 18.9 Å². The van der Waals surface area contributed by atoms with E-state index in [-0.39, 0.29) is 18.4 Å². The minimum Gasteiger partial charge on any atom is -0.325 e. The molecule has 7 nitrogen and oxygen atoms in total. The highest BCUT2D eigenvalue weighted by Crippen LogP contribution is 2.26. The number of amides is 1. The van der Waals surface area contributed by atoms with Crippen molar-refractivity contribution >= 4 is 22.6 Å². The molecule has 2 aromatic rings. The normalized spacial score (nSPS) is 17.9. The van der Waals surface area contributed by atoms with Gasteiger partial charge >= 0.3 is 12.1 Å². The van der Waals surface area contributed by atoms with Crippen LogP contribution in [0.1, 0.15) is 12.8 Å². The molecule has 3 rings (SSSR count). The molecule has 132 valence electrons. The summed E-state index contributed by atoms with van der Waals surface area (Å²) in [4.78, 5) is 44.5. The van der Waals surface area contributed by atoms with Gasteiger partial charge in [-0.1, -0.05) is 0 Å². The van der Waals surface area contributed by atoms with Crippen LogP contribution in [-0.4, -0.2) is 49.9 Å². The molecule has 0 bridgehead atoms. The van der Waals surface area contributed by atoms with Gasteiger partial charge in [-0.15, -0.1) is 0 Å². The maximum atomic E-state index is 12.6. The van der Waals surface area contributed by atoms with Crippen LogP contribution in [0.2, 0.25) is 0 Å². The second kappa shape index (κ2) is 6.26. The monoisotopic (exact) mass is 354 g/mol. The molecule has 1 fully saturated rings. The molecule has 1 unspecified atom stereocenters. The maximum absolute atomic E-state index is 12.6. The van der Waals surface area contributed by atoms with E-state index in [4.69, 9.17) is 0 Å². The number of hydrogen-bond donors (Lipinski definition) is 0. The topological polar surface area (TPSA) is 85.2 Å². The van der Waals surface area contributed by atoms with Gasteiger partial charge in [-0.25, -0.2) is 4.98 Å². The second-order valence-electron chi connectivity index (χ2n) is 5.69. The first kappa shape index (κ1) is 17.1. The first-order valence-corrected chi connectivity index (χ1v) is 7.48. The van der Waals surface area contributed by atoms with Gasteiger partial charge in [0.1, 0.15) is 0 Å². The van der Waals surface area contributed by atoms with Crippen LogP contribution in [0.25, 0.3) is 10.9 Å². The van der Waals surface area contributed by atoms with Crippen molar-refractivity contribution in [1.29, 1.82) is 0 Å². The number of likely N-dealkylation sites (tertiary alicyclic amines) is 1. The average molecular weight is 354 g/mol. The number of hydrogen-bond acceptors (Lipinski definition) is 5. The fraction of sp³-hybridized carbons (Fsp3) is 0.400. The minimum atomic E-state index is -5.03. The van der Waals surface area contributed by atoms with Gasteiger partial charge in [0.05, 0.1) is 36.0 Å². The highest BCUT2D eigenvalue weighted by atomic mass is 19.4. The van der Waals surface area contributed by atoms with Gasteiger partial charge in [0.25, 0.3) is 5.56 Å². The molecule has 1 saturated heterocycles. The number of alkyl halides is 3. The maximum Gasteiger partial charge on any atom is 0.471 e. The lowest BCUT2D eigenvalue weighted by Crippen LogP contribution is -2.48. The summed E-state index contributed by atoms with van der Waals surface area (Å²) in [7, 11) is 0. The van der Waals surface area contributed by atoms with Gasteiger partial charge in [0.2, 0.25) is 0 Å². The SMILES string of the molecule is O=C(Cn1cnc2cnccc2c1=O)C1CCCN1C(=O)C(F)(F)F. The standard InChI is InChI=1S/C15H13F3N4O3/c16-15(17,18)14(25)22-5-1-2-11(22)12(23)7-21-8-20-10-6-19-4-3-9(10)13(21)24/h3-4,6,8,11H,1-2,5,7H2. The van der Waals surface area contributed by atoms with Gasteiger partial charge in [-0.2, -0.15) is 13.2 Å². The highest BCUT2D eigenvalue weighted by molar-refractivity contribution is 5.91. The van der Waals surface area contributed by atoms with Crippen molar-refractivity contribution in [2.75, 3.05) is 6.54 Å². The molecule has 0 radical (unpaired) electrons. The lowest BCUT2D eigenvalue weighted by atomic mass is 10.1. The van der Waals surface area contributed by atoms with Crippen LogP contribution in [0, 0.1) is 0 Å². The molecule has 0 spiro atoms. The molecule has 1 amide bonds. The van der Waals surface area contributed by atoms with Crippen LogP contribution >= 0.6 is 0 Å². The number of ketones is 1. The Morgan fingerprint density at radius 1 is 1.32 bits per heavy atom. The third kappa shape index (κ3) is 3.24. The third-order valence-electron chi connectivity index (χ3n) is 4.08. The van der Waals surface area contributed by atoms with Crippen LogP contribution in [-0.2, 0) is 16.1 Å². The van der Waals surface area contributed by atoms with Crippen LogP contribution in [0.4, 0.5) is 13.2 Å². The van der Waals surface area contributed by atoms with Gasteiger partial charge in [0.15, 0.2) is 5.78 Å². The van der Waals surface area contributed by atoms with Crippen molar-refractivity contribution in [1.82, 2.24) is 19.4 Å². The van der Waals surface area contributed by atoms with Crippen molar-refractivity contribution in [2.24, 2.45) is 0 Å². The van der Waals surface area contributed by atoms with Gasteiger partial charge in [-0.3, -0.25) is 23.9 Å². The van der Waals surface area contributed by atoms with Gasteiger partial charge < -0.3 is 4.90 Å². The Bertz CT molecular complexity index is 893. The Hall–Kier alpha value is -2.78. The number of halogens is 3. The molecule has 25 heavy (non-hydrogen) atoms. The number of aromatic nitrogens is 3. The predicted octanol–water partition coefficient (Wildman–Crippen LogP) is 0.914. The second-order valence-corrected chi connectivity index (χ2v) is 5.69. The lowest BCUT2D eigenvalue weighted by molar-refractivity contribution is -0.186. The molecular weight excluding hydrogens is 341 g/mol. The number of rotatable bonds is 3. The summed E-state index contributed by atoms with van der Waals surface area (Å²) in [5.74, 6) is -2.66. The Morgan fingerprint density at radius 2 is 2.08 bits per heavy atom. The van der Waals surface area contributed by atoms with E-state index in [1.807, 2.05) is 0 Å². The number of fused-ring (bicyclic) bond motifs is 1. The van der Waals surface area contributed by atoms with E-state index >= 15 is 0 Å². The Balaban J connectivity index is 1.84. The molecule has 2 aromatic heterocycles. The first-order chi connectivity index (χ1) is 11.8. The lowest BCUT2D eigenvalue weighted by Gasteiger charge is -2.24. The minimum absolute atomic E-state index is 0.134. The van der Waals surface area contributed by atoms with E-state index in [0.717, 1.165) is 10.9 Å². The van der Waals surface area contributed by atoms with E-state index in [2.05, 4.69) is 9.97 Å². The largest absolute Gasteiger partial charge is 0.471 e. The van der Waals surface area contributed by atoms with Crippen LogP contribution < -0.4 is 5.56 Å². The van der Waals surface area contributed by atoms with Gasteiger partial charge in [0, 0.05) is 12.7 Å². The third-order valence-corrected chi connectivity index (χ3v) is 4.08. The summed E-state index contributed by atoms with van der Waals surface area (Å²) < 4.78 is 38.9. The number of carbonyl (C=O) groups excluding carboxylic acids is 2. The molecule has 0 aromatic carbocycles. The smallest absolute Gasteiger partial charge is 0.325 e. The summed E-state index contributed by atoms with van der Waals surface area (Å²) in [6, 6.07) is 0.259. The van der Waals surface area contributed by atoms with Crippen molar-refractivity contribution in [3.8, 4) is 0 Å². The van der Waals surface area contributed by atoms with E-state index in [1.165, 1.54) is 18.5 Å². The van der Waals surface area contributed by atoms with Crippen LogP contribution in [0.5, 0.6) is 0 Å². The van der Waals surface area contributed by atoms with Crippen LogP contribution in [0.15, 0.2) is 29.6 Å². The van der Waals surface area contributed by atoms with Crippen molar-refractivity contribution in [3.63, 3.8) is 0 Å². The zero-order valence-corrected chi connectivity index (χ0v) is 12.9. The van der Waals surface area contributed by atoms with E-state index < -0.39 is 36.0 Å². The Labute approximate surface area is 139 Å². The predicted molar refractivity (Wildman–Crippen MR) is 79.6 cm³/mol. The zero-order valence-electron chi connectivity index (χ0n) is 12.9. The molecule has 1 aliphatic heterocycles. The molecule has 3 heterocycles. The highest BCUT2D eigenvalue weighted by Gasteiger charge is 2.47. The molecule has 1 atom stereocenters. The number of carbonyl (C=O) groups is 2. The number of pyridine rings is 1. The molecule has 0 aliphatic carbocycles. The first-order valence-electron chi connectivity index (χ1n) is 7.48. The summed E-state index contributed by atoms with van der Waals surface area (Å²) in [6.45, 7) is -0.582. The zero-order chi connectivity index (χ0) is 18.2. The summed E-state index contributed by atoms with van der Waals surface area (Å²) in [6.07, 6.45) is -0.649. The van der Waals surface area contributed by atoms with Crippen LogP contribution in [0.3, 0.4) is 0 Å². The molecular formula is C15H13F3N4O3. The summed E-state index contributed by atoms with van der Waals surface area (Å²) in [5.41, 5.74) is -0.140. The molecule has 10 heteroatoms. The fourth-order valence-corrected chi connectivity index (χ4v) is 2.90. The van der Waals surface area contributed by atoms with E-state index in [1.54, 1.807) is 0 Å². The summed E-state index contributed by atoms with van der Waals surface area (Å²) in [5, 5.41) is 0.250. The summed E-state index contributed by atoms with van der Waals surface area (Å²) >= 11 is 0. The number of nitrogens with zero attached hydrogens (tertiary/aromatic N) is 4. The van der Waals surface area contributed by atoms with Crippen molar-refractivity contribution in [2.45, 2.75) is 31.6 Å².